The third-order valence-corrected chi connectivity index (χ3v) is 7.52. The molecular weight excluding hydrogens is 466 g/mol. The summed E-state index contributed by atoms with van der Waals surface area (Å²) in [5, 5.41) is 22.7. The number of hydrogen-bond donors (Lipinski definition) is 3. The number of hydrogen-bond acceptors (Lipinski definition) is 5. The molecule has 7 nitrogen and oxygen atoms in total. The summed E-state index contributed by atoms with van der Waals surface area (Å²) < 4.78 is 0. The summed E-state index contributed by atoms with van der Waals surface area (Å²) in [4.78, 5) is 29.7. The van der Waals surface area contributed by atoms with Crippen molar-refractivity contribution in [3.05, 3.63) is 77.4 Å². The third kappa shape index (κ3) is 5.04. The summed E-state index contributed by atoms with van der Waals surface area (Å²) >= 11 is 0. The summed E-state index contributed by atoms with van der Waals surface area (Å²) in [5.74, 6) is -0.583. The monoisotopic (exact) mass is 499 g/mol. The lowest BCUT2D eigenvalue weighted by molar-refractivity contribution is -0.118. The van der Waals surface area contributed by atoms with E-state index in [9.17, 15) is 19.8 Å². The zero-order chi connectivity index (χ0) is 26.2. The second-order valence-corrected chi connectivity index (χ2v) is 10.4. The summed E-state index contributed by atoms with van der Waals surface area (Å²) in [7, 11) is 3.48. The number of nitrogens with zero attached hydrogens (tertiary/aromatic N) is 2. The first kappa shape index (κ1) is 24.8. The molecule has 1 heterocycles. The summed E-state index contributed by atoms with van der Waals surface area (Å²) in [6.45, 7) is 2.99. The molecule has 0 unspecified atom stereocenters. The average Bonchev–Trinajstić information content (AvgIpc) is 3.55. The first-order valence-corrected chi connectivity index (χ1v) is 12.8. The first-order chi connectivity index (χ1) is 17.8. The Morgan fingerprint density at radius 1 is 0.919 bits per heavy atom. The minimum Gasteiger partial charge on any atom is -0.504 e. The molecule has 0 spiro atoms. The maximum Gasteiger partial charge on any atom is 0.253 e. The van der Waals surface area contributed by atoms with Crippen molar-refractivity contribution in [1.29, 1.82) is 0 Å². The van der Waals surface area contributed by atoms with Crippen LogP contribution < -0.4 is 5.32 Å². The molecule has 192 valence electrons. The number of benzene rings is 3. The van der Waals surface area contributed by atoms with Crippen LogP contribution in [0, 0.1) is 0 Å². The zero-order valence-electron chi connectivity index (χ0n) is 21.3. The molecule has 37 heavy (non-hydrogen) atoms. The van der Waals surface area contributed by atoms with Crippen molar-refractivity contribution in [2.24, 2.45) is 0 Å². The van der Waals surface area contributed by atoms with Gasteiger partial charge in [-0.25, -0.2) is 0 Å². The second kappa shape index (κ2) is 9.90. The van der Waals surface area contributed by atoms with Crippen molar-refractivity contribution < 1.29 is 19.8 Å². The van der Waals surface area contributed by atoms with Crippen LogP contribution in [0.1, 0.15) is 47.2 Å². The van der Waals surface area contributed by atoms with Crippen molar-refractivity contribution >= 4 is 17.5 Å². The molecule has 0 bridgehead atoms. The number of likely N-dealkylation sites (tertiary alicyclic amines) is 1. The Hall–Kier alpha value is -3.84. The average molecular weight is 500 g/mol. The van der Waals surface area contributed by atoms with Crippen LogP contribution in [0.5, 0.6) is 11.5 Å². The zero-order valence-corrected chi connectivity index (χ0v) is 21.3. The Balaban J connectivity index is 1.43. The van der Waals surface area contributed by atoms with Gasteiger partial charge in [-0.3, -0.25) is 14.5 Å². The van der Waals surface area contributed by atoms with E-state index in [0.717, 1.165) is 30.8 Å². The van der Waals surface area contributed by atoms with Crippen molar-refractivity contribution in [2.75, 3.05) is 32.5 Å². The number of phenolic OH excluding ortho intramolecular Hbond substituents is 2. The number of aromatic hydroxyl groups is 2. The highest BCUT2D eigenvalue weighted by molar-refractivity contribution is 6.02. The molecule has 2 amide bonds. The molecule has 3 N–H and O–H groups in total. The Kier molecular flexibility index (Phi) is 6.65. The number of amides is 2. The molecule has 7 heteroatoms. The normalized spacial score (nSPS) is 16.4. The topological polar surface area (TPSA) is 93.1 Å². The molecule has 0 radical (unpaired) electrons. The van der Waals surface area contributed by atoms with Gasteiger partial charge in [-0.15, -0.1) is 0 Å². The molecule has 1 aliphatic heterocycles. The summed E-state index contributed by atoms with van der Waals surface area (Å²) in [5.41, 5.74) is 4.53. The number of anilines is 1. The van der Waals surface area contributed by atoms with Crippen LogP contribution in [0.2, 0.25) is 0 Å². The smallest absolute Gasteiger partial charge is 0.253 e. The van der Waals surface area contributed by atoms with Gasteiger partial charge in [0, 0.05) is 31.9 Å². The van der Waals surface area contributed by atoms with Gasteiger partial charge >= 0.3 is 0 Å². The van der Waals surface area contributed by atoms with E-state index in [4.69, 9.17) is 0 Å². The minimum atomic E-state index is -0.701. The van der Waals surface area contributed by atoms with Crippen molar-refractivity contribution in [2.45, 2.75) is 37.6 Å². The third-order valence-electron chi connectivity index (χ3n) is 7.52. The number of rotatable bonds is 7. The highest BCUT2D eigenvalue weighted by Crippen LogP contribution is 2.50. The fourth-order valence-corrected chi connectivity index (χ4v) is 5.14. The van der Waals surface area contributed by atoms with E-state index in [0.29, 0.717) is 29.7 Å². The van der Waals surface area contributed by atoms with Crippen LogP contribution >= 0.6 is 0 Å². The lowest BCUT2D eigenvalue weighted by atomic mass is 9.93. The lowest BCUT2D eigenvalue weighted by Gasteiger charge is -2.20. The molecule has 5 rings (SSSR count). The fraction of sp³-hybridized carbons (Fsp3) is 0.333. The van der Waals surface area contributed by atoms with Gasteiger partial charge in [-0.05, 0) is 97.4 Å². The summed E-state index contributed by atoms with van der Waals surface area (Å²) in [6.07, 6.45) is 3.79. The van der Waals surface area contributed by atoms with E-state index in [1.807, 2.05) is 36.4 Å². The highest BCUT2D eigenvalue weighted by Gasteiger charge is 2.51. The molecule has 0 aromatic heterocycles. The van der Waals surface area contributed by atoms with Gasteiger partial charge in [0.2, 0.25) is 5.91 Å². The lowest BCUT2D eigenvalue weighted by Crippen LogP contribution is -2.27. The van der Waals surface area contributed by atoms with Crippen LogP contribution in [0.25, 0.3) is 11.1 Å². The predicted octanol–water partition coefficient (Wildman–Crippen LogP) is 4.73. The summed E-state index contributed by atoms with van der Waals surface area (Å²) in [6, 6.07) is 18.3. The van der Waals surface area contributed by atoms with Crippen LogP contribution in [-0.4, -0.2) is 59.0 Å². The van der Waals surface area contributed by atoms with Gasteiger partial charge in [0.15, 0.2) is 11.5 Å². The number of phenols is 2. The van der Waals surface area contributed by atoms with Crippen LogP contribution in [0.4, 0.5) is 5.69 Å². The van der Waals surface area contributed by atoms with E-state index in [1.165, 1.54) is 30.5 Å². The molecule has 1 aliphatic carbocycles. The molecule has 1 saturated carbocycles. The molecule has 1 saturated heterocycles. The number of carbonyl (C=O) groups is 2. The Morgan fingerprint density at radius 3 is 2.24 bits per heavy atom. The van der Waals surface area contributed by atoms with Gasteiger partial charge in [0.1, 0.15) is 0 Å². The SMILES string of the molecule is CN(C)C(=O)c1ccc(-c2cc(NC(=O)C3(c4ccc(O)c(O)c4)CC3)ccc2CN2CCCC2)cc1. The van der Waals surface area contributed by atoms with Gasteiger partial charge in [0.25, 0.3) is 5.91 Å². The molecular formula is C30H33N3O4. The first-order valence-electron chi connectivity index (χ1n) is 12.8. The van der Waals surface area contributed by atoms with E-state index in [-0.39, 0.29) is 23.3 Å². The van der Waals surface area contributed by atoms with Gasteiger partial charge < -0.3 is 20.4 Å². The van der Waals surface area contributed by atoms with Crippen molar-refractivity contribution in [3.63, 3.8) is 0 Å². The van der Waals surface area contributed by atoms with Crippen molar-refractivity contribution in [1.82, 2.24) is 9.80 Å². The molecule has 3 aromatic rings. The van der Waals surface area contributed by atoms with E-state index >= 15 is 0 Å². The Bertz CT molecular complexity index is 1320. The van der Waals surface area contributed by atoms with E-state index in [1.54, 1.807) is 25.1 Å². The van der Waals surface area contributed by atoms with Gasteiger partial charge in [0.05, 0.1) is 5.41 Å². The standard InChI is InChI=1S/C30H33N3O4/c1-32(2)28(36)21-7-5-20(6-8-21)25-18-24(11-9-22(25)19-33-15-3-4-16-33)31-29(37)30(13-14-30)23-10-12-26(34)27(35)17-23/h5-12,17-18,34-35H,3-4,13-16,19H2,1-2H3,(H,31,37). The molecule has 2 fully saturated rings. The maximum atomic E-state index is 13.4. The van der Waals surface area contributed by atoms with E-state index < -0.39 is 5.41 Å². The maximum absolute atomic E-state index is 13.4. The number of carbonyl (C=O) groups excluding carboxylic acids is 2. The van der Waals surface area contributed by atoms with Gasteiger partial charge in [-0.1, -0.05) is 24.3 Å². The van der Waals surface area contributed by atoms with Gasteiger partial charge in [-0.2, -0.15) is 0 Å². The quantitative estimate of drug-likeness (QED) is 0.409. The Morgan fingerprint density at radius 2 is 1.62 bits per heavy atom. The molecule has 2 aliphatic rings. The van der Waals surface area contributed by atoms with Crippen LogP contribution in [0.3, 0.4) is 0 Å². The second-order valence-electron chi connectivity index (χ2n) is 10.4. The Labute approximate surface area is 217 Å². The minimum absolute atomic E-state index is 0.0418. The van der Waals surface area contributed by atoms with Crippen molar-refractivity contribution in [3.8, 4) is 22.6 Å². The van der Waals surface area contributed by atoms with E-state index in [2.05, 4.69) is 16.3 Å². The van der Waals surface area contributed by atoms with Crippen LogP contribution in [0.15, 0.2) is 60.7 Å². The predicted molar refractivity (Wildman–Crippen MR) is 144 cm³/mol. The number of nitrogens with one attached hydrogen (secondary N) is 1. The van der Waals surface area contributed by atoms with Crippen LogP contribution in [-0.2, 0) is 16.8 Å². The fourth-order valence-electron chi connectivity index (χ4n) is 5.14. The highest BCUT2D eigenvalue weighted by atomic mass is 16.3. The molecule has 0 atom stereocenters. The molecule has 3 aromatic carbocycles. The largest absolute Gasteiger partial charge is 0.504 e.